The highest BCUT2D eigenvalue weighted by molar-refractivity contribution is 7.89. The van der Waals surface area contributed by atoms with E-state index in [0.717, 1.165) is 18.7 Å². The molecule has 2 aromatic rings. The van der Waals surface area contributed by atoms with Gasteiger partial charge in [-0.25, -0.2) is 8.42 Å². The van der Waals surface area contributed by atoms with Crippen molar-refractivity contribution in [2.24, 2.45) is 0 Å². The van der Waals surface area contributed by atoms with Crippen LogP contribution in [0.3, 0.4) is 0 Å². The molecule has 1 aliphatic carbocycles. The molecule has 1 aromatic carbocycles. The van der Waals surface area contributed by atoms with Crippen molar-refractivity contribution < 1.29 is 22.4 Å². The first-order chi connectivity index (χ1) is 12.1. The van der Waals surface area contributed by atoms with Crippen molar-refractivity contribution in [3.63, 3.8) is 0 Å². The van der Waals surface area contributed by atoms with Crippen molar-refractivity contribution >= 4 is 10.0 Å². The zero-order valence-electron chi connectivity index (χ0n) is 13.4. The number of fused-ring (bicyclic) bond motifs is 1. The van der Waals surface area contributed by atoms with Gasteiger partial charge >= 0.3 is 0 Å². The van der Waals surface area contributed by atoms with Crippen LogP contribution >= 0.6 is 0 Å². The number of benzene rings is 1. The third-order valence-corrected chi connectivity index (χ3v) is 6.58. The van der Waals surface area contributed by atoms with Gasteiger partial charge < -0.3 is 14.0 Å². The van der Waals surface area contributed by atoms with Crippen molar-refractivity contribution in [3.8, 4) is 11.5 Å². The van der Waals surface area contributed by atoms with Crippen LogP contribution in [-0.2, 0) is 10.0 Å². The van der Waals surface area contributed by atoms with Gasteiger partial charge in [0, 0.05) is 25.1 Å². The summed E-state index contributed by atoms with van der Waals surface area (Å²) in [6.45, 7) is 1.59. The molecule has 3 heterocycles. The predicted molar refractivity (Wildman–Crippen MR) is 85.2 cm³/mol. The molecule has 132 valence electrons. The Balaban J connectivity index is 1.31. The summed E-state index contributed by atoms with van der Waals surface area (Å²) in [5, 5.41) is 3.99. The summed E-state index contributed by atoms with van der Waals surface area (Å²) < 4.78 is 43.1. The summed E-state index contributed by atoms with van der Waals surface area (Å²) in [6, 6.07) is 4.71. The SMILES string of the molecule is O=S(=O)(c1ccc2c(c1)OCCO2)N1CC(c2nc(C3CC3)no2)C1. The number of hydrogen-bond donors (Lipinski definition) is 0. The molecule has 0 amide bonds. The molecule has 3 aliphatic rings. The minimum atomic E-state index is -3.57. The molecule has 0 spiro atoms. The summed E-state index contributed by atoms with van der Waals surface area (Å²) >= 11 is 0. The first kappa shape index (κ1) is 15.2. The molecule has 2 aliphatic heterocycles. The molecule has 8 nitrogen and oxygen atoms in total. The third kappa shape index (κ3) is 2.58. The minimum Gasteiger partial charge on any atom is -0.486 e. The van der Waals surface area contributed by atoms with E-state index in [2.05, 4.69) is 10.1 Å². The van der Waals surface area contributed by atoms with Crippen LogP contribution in [0.25, 0.3) is 0 Å². The molecule has 0 N–H and O–H groups in total. The zero-order chi connectivity index (χ0) is 17.0. The number of aromatic nitrogens is 2. The van der Waals surface area contributed by atoms with E-state index in [0.29, 0.717) is 49.6 Å². The quantitative estimate of drug-likeness (QED) is 0.812. The molecule has 5 rings (SSSR count). The topological polar surface area (TPSA) is 94.8 Å². The molecule has 1 saturated carbocycles. The fourth-order valence-electron chi connectivity index (χ4n) is 3.04. The molecule has 1 saturated heterocycles. The number of ether oxygens (including phenoxy) is 2. The van der Waals surface area contributed by atoms with Crippen LogP contribution in [-0.4, -0.2) is 49.2 Å². The Morgan fingerprint density at radius 2 is 1.80 bits per heavy atom. The first-order valence-electron chi connectivity index (χ1n) is 8.34. The molecule has 1 aromatic heterocycles. The summed E-state index contributed by atoms with van der Waals surface area (Å²) in [4.78, 5) is 4.61. The van der Waals surface area contributed by atoms with Gasteiger partial charge in [-0.1, -0.05) is 5.16 Å². The molecule has 9 heteroatoms. The first-order valence-corrected chi connectivity index (χ1v) is 9.78. The maximum atomic E-state index is 12.8. The van der Waals surface area contributed by atoms with E-state index >= 15 is 0 Å². The van der Waals surface area contributed by atoms with Gasteiger partial charge in [0.2, 0.25) is 15.9 Å². The van der Waals surface area contributed by atoms with Gasteiger partial charge in [0.15, 0.2) is 17.3 Å². The number of rotatable bonds is 4. The third-order valence-electron chi connectivity index (χ3n) is 4.75. The van der Waals surface area contributed by atoms with Crippen LogP contribution in [0.4, 0.5) is 0 Å². The Hall–Kier alpha value is -2.13. The van der Waals surface area contributed by atoms with Crippen LogP contribution < -0.4 is 9.47 Å². The highest BCUT2D eigenvalue weighted by Crippen LogP contribution is 2.40. The largest absolute Gasteiger partial charge is 0.486 e. The lowest BCUT2D eigenvalue weighted by Gasteiger charge is -2.35. The maximum absolute atomic E-state index is 12.8. The number of nitrogens with zero attached hydrogens (tertiary/aromatic N) is 3. The summed E-state index contributed by atoms with van der Waals surface area (Å²) in [7, 11) is -3.57. The van der Waals surface area contributed by atoms with Crippen LogP contribution in [0.2, 0.25) is 0 Å². The van der Waals surface area contributed by atoms with Gasteiger partial charge in [0.1, 0.15) is 13.2 Å². The summed E-state index contributed by atoms with van der Waals surface area (Å²) in [5.41, 5.74) is 0. The normalized spacial score (nSPS) is 21.1. The van der Waals surface area contributed by atoms with Gasteiger partial charge in [0.25, 0.3) is 0 Å². The molecule has 0 unspecified atom stereocenters. The highest BCUT2D eigenvalue weighted by Gasteiger charge is 2.41. The van der Waals surface area contributed by atoms with Crippen molar-refractivity contribution in [1.29, 1.82) is 0 Å². The zero-order valence-corrected chi connectivity index (χ0v) is 14.2. The Morgan fingerprint density at radius 3 is 2.56 bits per heavy atom. The summed E-state index contributed by atoms with van der Waals surface area (Å²) in [6.07, 6.45) is 2.21. The Labute approximate surface area is 144 Å². The average Bonchev–Trinajstić information content (AvgIpc) is 3.32. The van der Waals surface area contributed by atoms with E-state index in [1.165, 1.54) is 10.4 Å². The number of hydrogen-bond acceptors (Lipinski definition) is 7. The highest BCUT2D eigenvalue weighted by atomic mass is 32.2. The van der Waals surface area contributed by atoms with Crippen molar-refractivity contribution in [3.05, 3.63) is 29.9 Å². The van der Waals surface area contributed by atoms with E-state index in [1.807, 2.05) is 0 Å². The van der Waals surface area contributed by atoms with Crippen LogP contribution in [0.1, 0.15) is 36.4 Å². The molecule has 0 radical (unpaired) electrons. The lowest BCUT2D eigenvalue weighted by molar-refractivity contribution is 0.171. The fraction of sp³-hybridized carbons (Fsp3) is 0.500. The van der Waals surface area contributed by atoms with Crippen molar-refractivity contribution in [2.45, 2.75) is 29.6 Å². The lowest BCUT2D eigenvalue weighted by atomic mass is 10.0. The Morgan fingerprint density at radius 1 is 1.04 bits per heavy atom. The number of sulfonamides is 1. The van der Waals surface area contributed by atoms with E-state index in [9.17, 15) is 8.42 Å². The predicted octanol–water partition coefficient (Wildman–Crippen LogP) is 1.51. The Bertz CT molecular complexity index is 916. The smallest absolute Gasteiger partial charge is 0.243 e. The van der Waals surface area contributed by atoms with E-state index < -0.39 is 10.0 Å². The van der Waals surface area contributed by atoms with Crippen molar-refractivity contribution in [1.82, 2.24) is 14.4 Å². The Kier molecular flexibility index (Phi) is 3.29. The van der Waals surface area contributed by atoms with E-state index in [1.54, 1.807) is 12.1 Å². The second-order valence-electron chi connectivity index (χ2n) is 6.59. The molecule has 25 heavy (non-hydrogen) atoms. The van der Waals surface area contributed by atoms with E-state index in [-0.39, 0.29) is 10.8 Å². The fourth-order valence-corrected chi connectivity index (χ4v) is 4.59. The van der Waals surface area contributed by atoms with Gasteiger partial charge in [0.05, 0.1) is 10.8 Å². The monoisotopic (exact) mass is 363 g/mol. The molecule has 0 atom stereocenters. The van der Waals surface area contributed by atoms with Crippen LogP contribution in [0.5, 0.6) is 11.5 Å². The average molecular weight is 363 g/mol. The molecule has 0 bridgehead atoms. The molecular weight excluding hydrogens is 346 g/mol. The van der Waals surface area contributed by atoms with Crippen molar-refractivity contribution in [2.75, 3.05) is 26.3 Å². The maximum Gasteiger partial charge on any atom is 0.243 e. The summed E-state index contributed by atoms with van der Waals surface area (Å²) in [5.74, 6) is 2.72. The van der Waals surface area contributed by atoms with Crippen LogP contribution in [0.15, 0.2) is 27.6 Å². The molecular formula is C16H17N3O5S. The standard InChI is InChI=1S/C16H17N3O5S/c20-25(21,12-3-4-13-14(7-12)23-6-5-22-13)19-8-11(9-19)16-17-15(18-24-16)10-1-2-10/h3-4,7,10-11H,1-2,5-6,8-9H2. The van der Waals surface area contributed by atoms with E-state index in [4.69, 9.17) is 14.0 Å². The van der Waals surface area contributed by atoms with Gasteiger partial charge in [-0.2, -0.15) is 9.29 Å². The minimum absolute atomic E-state index is 0.0352. The lowest BCUT2D eigenvalue weighted by Crippen LogP contribution is -2.48. The van der Waals surface area contributed by atoms with Gasteiger partial charge in [-0.3, -0.25) is 0 Å². The second-order valence-corrected chi connectivity index (χ2v) is 8.53. The van der Waals surface area contributed by atoms with Gasteiger partial charge in [-0.05, 0) is 25.0 Å². The molecule has 2 fully saturated rings. The van der Waals surface area contributed by atoms with Gasteiger partial charge in [-0.15, -0.1) is 0 Å². The van der Waals surface area contributed by atoms with Crippen LogP contribution in [0, 0.1) is 0 Å². The second kappa shape index (κ2) is 5.43.